The van der Waals surface area contributed by atoms with Gasteiger partial charge in [-0.3, -0.25) is 4.55 Å². The Labute approximate surface area is 135 Å². The summed E-state index contributed by atoms with van der Waals surface area (Å²) in [7, 11) is -4.51. The number of rotatable bonds is 6. The zero-order chi connectivity index (χ0) is 16.9. The fraction of sp³-hybridized carbons (Fsp3) is 0.0588. The molecule has 0 aromatic heterocycles. The Morgan fingerprint density at radius 3 is 2.17 bits per heavy atom. The molecule has 2 aromatic carbocycles. The molecular weight excluding hydrogens is 316 g/mol. The number of aromatic hydroxyl groups is 1. The Bertz CT molecular complexity index is 790. The van der Waals surface area contributed by atoms with Crippen LogP contribution in [0.5, 0.6) is 11.5 Å². The van der Waals surface area contributed by atoms with Crippen molar-refractivity contribution in [2.45, 2.75) is 5.92 Å². The van der Waals surface area contributed by atoms with Crippen molar-refractivity contribution < 1.29 is 22.3 Å². The Morgan fingerprint density at radius 2 is 1.65 bits per heavy atom. The van der Waals surface area contributed by atoms with Gasteiger partial charge in [-0.25, -0.2) is 0 Å². The summed E-state index contributed by atoms with van der Waals surface area (Å²) in [6.45, 7) is 3.80. The number of hydrogen-bond donors (Lipinski definition) is 2. The zero-order valence-corrected chi connectivity index (χ0v) is 13.0. The fourth-order valence-corrected chi connectivity index (χ4v) is 2.35. The second kappa shape index (κ2) is 7.13. The molecule has 1 unspecified atom stereocenters. The number of hydrogen-bond acceptors (Lipinski definition) is 4. The van der Waals surface area contributed by atoms with Crippen LogP contribution in [0, 0.1) is 0 Å². The molecule has 0 radical (unpaired) electrons. The molecule has 0 saturated heterocycles. The van der Waals surface area contributed by atoms with E-state index in [2.05, 4.69) is 10.8 Å². The van der Waals surface area contributed by atoms with Gasteiger partial charge in [0, 0.05) is 5.92 Å². The molecule has 1 atom stereocenters. The van der Waals surface area contributed by atoms with Crippen molar-refractivity contribution >= 4 is 16.5 Å². The van der Waals surface area contributed by atoms with Gasteiger partial charge in [-0.05, 0) is 35.4 Å². The molecule has 0 bridgehead atoms. The van der Waals surface area contributed by atoms with Crippen LogP contribution in [-0.2, 0) is 10.4 Å². The van der Waals surface area contributed by atoms with Gasteiger partial charge in [-0.15, -0.1) is 6.58 Å². The Kier molecular flexibility index (Phi) is 5.20. The molecule has 2 rings (SSSR count). The van der Waals surface area contributed by atoms with E-state index in [4.69, 9.17) is 4.55 Å². The first-order valence-electron chi connectivity index (χ1n) is 6.74. The maximum absolute atomic E-state index is 10.6. The average Bonchev–Trinajstić information content (AvgIpc) is 2.49. The number of allylic oxidation sites excluding steroid dienone is 2. The lowest BCUT2D eigenvalue weighted by Crippen LogP contribution is -2.06. The van der Waals surface area contributed by atoms with Gasteiger partial charge < -0.3 is 9.29 Å². The van der Waals surface area contributed by atoms with Crippen LogP contribution in [-0.4, -0.2) is 18.1 Å². The molecule has 2 aromatic rings. The summed E-state index contributed by atoms with van der Waals surface area (Å²) in [5.41, 5.74) is 1.82. The Balaban J connectivity index is 2.11. The summed E-state index contributed by atoms with van der Waals surface area (Å²) in [6, 6.07) is 13.1. The van der Waals surface area contributed by atoms with E-state index < -0.39 is 10.4 Å². The quantitative estimate of drug-likeness (QED) is 0.624. The van der Waals surface area contributed by atoms with E-state index >= 15 is 0 Å². The standard InChI is InChI=1S/C17H16O5S/c1-2-14(15-7-9-16(18)10-8-15)6-3-13-4-11-17(12-5-13)22-23(19,20)21/h2-12,14,18H,1H2,(H,19,20,21)/b6-3-. The minimum atomic E-state index is -4.51. The first-order valence-corrected chi connectivity index (χ1v) is 8.10. The molecule has 0 saturated carbocycles. The molecule has 0 aliphatic rings. The molecule has 0 amide bonds. The van der Waals surface area contributed by atoms with E-state index in [0.717, 1.165) is 11.1 Å². The predicted octanol–water partition coefficient (Wildman–Crippen LogP) is 3.56. The van der Waals surface area contributed by atoms with E-state index in [1.54, 1.807) is 30.3 Å². The Morgan fingerprint density at radius 1 is 1.04 bits per heavy atom. The van der Waals surface area contributed by atoms with Crippen LogP contribution in [0.3, 0.4) is 0 Å². The van der Waals surface area contributed by atoms with Gasteiger partial charge in [0.15, 0.2) is 0 Å². The fourth-order valence-electron chi connectivity index (χ4n) is 1.99. The topological polar surface area (TPSA) is 83.8 Å². The van der Waals surface area contributed by atoms with E-state index in [1.165, 1.54) is 12.1 Å². The highest BCUT2D eigenvalue weighted by molar-refractivity contribution is 7.81. The Hall–Kier alpha value is -2.57. The van der Waals surface area contributed by atoms with Crippen molar-refractivity contribution in [1.82, 2.24) is 0 Å². The molecule has 23 heavy (non-hydrogen) atoms. The third-order valence-electron chi connectivity index (χ3n) is 3.11. The summed E-state index contributed by atoms with van der Waals surface area (Å²) in [5.74, 6) is 0.211. The molecule has 6 heteroatoms. The molecule has 0 aliphatic carbocycles. The smallest absolute Gasteiger partial charge is 0.446 e. The maximum atomic E-state index is 10.6. The normalized spacial score (nSPS) is 12.9. The van der Waals surface area contributed by atoms with Crippen LogP contribution in [0.25, 0.3) is 6.08 Å². The lowest BCUT2D eigenvalue weighted by atomic mass is 9.98. The molecule has 120 valence electrons. The van der Waals surface area contributed by atoms with Crippen LogP contribution < -0.4 is 4.18 Å². The number of benzene rings is 2. The van der Waals surface area contributed by atoms with Crippen LogP contribution >= 0.6 is 0 Å². The maximum Gasteiger partial charge on any atom is 0.446 e. The van der Waals surface area contributed by atoms with Gasteiger partial charge in [0.2, 0.25) is 0 Å². The van der Waals surface area contributed by atoms with Gasteiger partial charge in [-0.2, -0.15) is 8.42 Å². The van der Waals surface area contributed by atoms with Crippen LogP contribution in [0.15, 0.2) is 67.3 Å². The van der Waals surface area contributed by atoms with Crippen molar-refractivity contribution in [2.75, 3.05) is 0 Å². The van der Waals surface area contributed by atoms with Crippen LogP contribution in [0.1, 0.15) is 17.0 Å². The van der Waals surface area contributed by atoms with E-state index in [-0.39, 0.29) is 17.4 Å². The predicted molar refractivity (Wildman–Crippen MR) is 88.7 cm³/mol. The number of phenolic OH excluding ortho intramolecular Hbond substituents is 1. The molecular formula is C17H16O5S. The molecule has 0 spiro atoms. The van der Waals surface area contributed by atoms with E-state index in [0.29, 0.717) is 0 Å². The highest BCUT2D eigenvalue weighted by atomic mass is 32.3. The van der Waals surface area contributed by atoms with Gasteiger partial charge in [0.25, 0.3) is 0 Å². The summed E-state index contributed by atoms with van der Waals surface area (Å²) in [6.07, 6.45) is 5.56. The molecule has 0 heterocycles. The average molecular weight is 332 g/mol. The first kappa shape index (κ1) is 16.8. The molecule has 2 N–H and O–H groups in total. The van der Waals surface area contributed by atoms with Gasteiger partial charge in [-0.1, -0.05) is 42.5 Å². The summed E-state index contributed by atoms with van der Waals surface area (Å²) in [4.78, 5) is 0. The third-order valence-corrected chi connectivity index (χ3v) is 3.51. The van der Waals surface area contributed by atoms with Crippen molar-refractivity contribution in [3.63, 3.8) is 0 Å². The van der Waals surface area contributed by atoms with E-state index in [9.17, 15) is 13.5 Å². The second-order valence-corrected chi connectivity index (χ2v) is 5.81. The minimum Gasteiger partial charge on any atom is -0.508 e. The minimum absolute atomic E-state index is 0.0238. The lowest BCUT2D eigenvalue weighted by Gasteiger charge is -2.08. The molecule has 5 nitrogen and oxygen atoms in total. The largest absolute Gasteiger partial charge is 0.508 e. The highest BCUT2D eigenvalue weighted by Crippen LogP contribution is 2.22. The third kappa shape index (κ3) is 5.28. The van der Waals surface area contributed by atoms with Gasteiger partial charge >= 0.3 is 10.4 Å². The van der Waals surface area contributed by atoms with Crippen molar-refractivity contribution in [3.05, 3.63) is 78.4 Å². The van der Waals surface area contributed by atoms with E-state index in [1.807, 2.05) is 24.3 Å². The highest BCUT2D eigenvalue weighted by Gasteiger charge is 2.06. The van der Waals surface area contributed by atoms with Crippen LogP contribution in [0.4, 0.5) is 0 Å². The molecule has 0 fully saturated rings. The zero-order valence-electron chi connectivity index (χ0n) is 12.2. The summed E-state index contributed by atoms with van der Waals surface area (Å²) >= 11 is 0. The number of phenols is 1. The van der Waals surface area contributed by atoms with Crippen LogP contribution in [0.2, 0.25) is 0 Å². The van der Waals surface area contributed by atoms with Gasteiger partial charge in [0.05, 0.1) is 0 Å². The monoisotopic (exact) mass is 332 g/mol. The SMILES string of the molecule is C=CC(/C=C\c1ccc(OS(=O)(=O)O)cc1)c1ccc(O)cc1. The van der Waals surface area contributed by atoms with Crippen molar-refractivity contribution in [3.8, 4) is 11.5 Å². The lowest BCUT2D eigenvalue weighted by molar-refractivity contribution is 0.387. The van der Waals surface area contributed by atoms with Gasteiger partial charge in [0.1, 0.15) is 11.5 Å². The molecule has 0 aliphatic heterocycles. The second-order valence-electron chi connectivity index (χ2n) is 4.79. The van der Waals surface area contributed by atoms with Crippen molar-refractivity contribution in [2.24, 2.45) is 0 Å². The van der Waals surface area contributed by atoms with Crippen molar-refractivity contribution in [1.29, 1.82) is 0 Å². The first-order chi connectivity index (χ1) is 10.9. The summed E-state index contributed by atoms with van der Waals surface area (Å²) < 4.78 is 34.2. The summed E-state index contributed by atoms with van der Waals surface area (Å²) in [5, 5.41) is 9.31.